The van der Waals surface area contributed by atoms with Gasteiger partial charge in [0.05, 0.1) is 26.9 Å². The number of carbonyl (C=O) groups excluding carboxylic acids is 1. The van der Waals surface area contributed by atoms with E-state index in [1.807, 2.05) is 0 Å². The molecule has 3 rings (SSSR count). The zero-order chi connectivity index (χ0) is 22.8. The topological polar surface area (TPSA) is 99.3 Å². The van der Waals surface area contributed by atoms with Crippen molar-refractivity contribution >= 4 is 35.0 Å². The van der Waals surface area contributed by atoms with E-state index in [0.717, 1.165) is 30.5 Å². The molecule has 13 heteroatoms. The molecular weight excluding hydrogens is 464 g/mol. The summed E-state index contributed by atoms with van der Waals surface area (Å²) in [5, 5.41) is 17.2. The van der Waals surface area contributed by atoms with E-state index >= 15 is 0 Å². The number of halogens is 5. The smallest absolute Gasteiger partial charge is 0.406 e. The molecule has 2 aromatic carbocycles. The van der Waals surface area contributed by atoms with Crippen LogP contribution >= 0.6 is 23.2 Å². The number of ether oxygens (including phenoxy) is 1. The van der Waals surface area contributed by atoms with Crippen LogP contribution in [0.15, 0.2) is 48.7 Å². The first-order valence-electron chi connectivity index (χ1n) is 8.36. The zero-order valence-corrected chi connectivity index (χ0v) is 16.7. The first-order chi connectivity index (χ1) is 14.6. The second-order valence-electron chi connectivity index (χ2n) is 6.03. The fourth-order valence-corrected chi connectivity index (χ4v) is 2.86. The highest BCUT2D eigenvalue weighted by Gasteiger charge is 2.40. The maximum absolute atomic E-state index is 13.6. The van der Waals surface area contributed by atoms with Gasteiger partial charge in [-0.1, -0.05) is 29.3 Å². The fraction of sp³-hybridized carbons (Fsp3) is 0.111. The van der Waals surface area contributed by atoms with Gasteiger partial charge in [-0.2, -0.15) is 18.3 Å². The molecule has 0 aliphatic heterocycles. The summed E-state index contributed by atoms with van der Waals surface area (Å²) in [6.07, 6.45) is -5.36. The van der Waals surface area contributed by atoms with Gasteiger partial charge < -0.3 is 10.1 Å². The van der Waals surface area contributed by atoms with Gasteiger partial charge in [0.25, 0.3) is 5.69 Å². The van der Waals surface area contributed by atoms with Crippen LogP contribution in [0.5, 0.6) is 5.75 Å². The van der Waals surface area contributed by atoms with Crippen molar-refractivity contribution in [2.24, 2.45) is 0 Å². The van der Waals surface area contributed by atoms with Crippen molar-refractivity contribution in [2.75, 3.05) is 0 Å². The van der Waals surface area contributed by atoms with Crippen molar-refractivity contribution in [1.29, 1.82) is 0 Å². The lowest BCUT2D eigenvalue weighted by molar-refractivity contribution is -0.384. The van der Waals surface area contributed by atoms with Crippen molar-refractivity contribution < 1.29 is 27.6 Å². The number of rotatable bonds is 5. The van der Waals surface area contributed by atoms with E-state index in [1.54, 1.807) is 6.07 Å². The average molecular weight is 475 g/mol. The van der Waals surface area contributed by atoms with Crippen LogP contribution in [0.3, 0.4) is 0 Å². The molecule has 162 valence electrons. The second-order valence-corrected chi connectivity index (χ2v) is 6.85. The molecule has 0 aliphatic rings. The molecule has 0 bridgehead atoms. The van der Waals surface area contributed by atoms with Gasteiger partial charge in [-0.25, -0.2) is 9.48 Å². The van der Waals surface area contributed by atoms with Crippen LogP contribution in [0.4, 0.5) is 23.7 Å². The quantitative estimate of drug-likeness (QED) is 0.394. The van der Waals surface area contributed by atoms with Crippen molar-refractivity contribution in [3.05, 3.63) is 80.1 Å². The van der Waals surface area contributed by atoms with E-state index in [2.05, 4.69) is 10.4 Å². The summed E-state index contributed by atoms with van der Waals surface area (Å²) in [6, 6.07) is 8.80. The Morgan fingerprint density at radius 2 is 1.84 bits per heavy atom. The van der Waals surface area contributed by atoms with Crippen molar-refractivity contribution in [2.45, 2.75) is 12.7 Å². The van der Waals surface area contributed by atoms with Gasteiger partial charge in [0.15, 0.2) is 11.4 Å². The molecule has 1 aromatic heterocycles. The number of nitrogens with zero attached hydrogens (tertiary/aromatic N) is 3. The van der Waals surface area contributed by atoms with Crippen LogP contribution < -0.4 is 10.1 Å². The molecule has 0 spiro atoms. The van der Waals surface area contributed by atoms with E-state index in [0.29, 0.717) is 15.3 Å². The van der Waals surface area contributed by atoms with Gasteiger partial charge in [-0.05, 0) is 29.8 Å². The number of alkyl halides is 3. The summed E-state index contributed by atoms with van der Waals surface area (Å²) >= 11 is 11.7. The van der Waals surface area contributed by atoms with Gasteiger partial charge in [-0.3, -0.25) is 10.1 Å². The summed E-state index contributed by atoms with van der Waals surface area (Å²) in [4.78, 5) is 22.0. The minimum absolute atomic E-state index is 0.0758. The fourth-order valence-electron chi connectivity index (χ4n) is 2.54. The third kappa shape index (κ3) is 5.25. The molecule has 1 amide bonds. The van der Waals surface area contributed by atoms with Gasteiger partial charge in [-0.15, -0.1) is 0 Å². The number of aromatic nitrogens is 2. The van der Waals surface area contributed by atoms with E-state index in [1.165, 1.54) is 12.1 Å². The molecule has 8 nitrogen and oxygen atoms in total. The highest BCUT2D eigenvalue weighted by molar-refractivity contribution is 6.42. The van der Waals surface area contributed by atoms with E-state index < -0.39 is 28.6 Å². The first kappa shape index (κ1) is 22.4. The SMILES string of the molecule is O=C(NCc1ccc(Cl)c(Cl)c1)Oc1cnn(-c2ccc([N+](=O)[O-])cc2)c1C(F)(F)F. The number of hydrogen-bond acceptors (Lipinski definition) is 5. The van der Waals surface area contributed by atoms with Crippen LogP contribution in [-0.4, -0.2) is 20.8 Å². The van der Waals surface area contributed by atoms with E-state index in [-0.39, 0.29) is 22.9 Å². The van der Waals surface area contributed by atoms with Crippen LogP contribution in [0.25, 0.3) is 5.69 Å². The molecule has 0 saturated carbocycles. The Morgan fingerprint density at radius 1 is 1.16 bits per heavy atom. The molecular formula is C18H11Cl2F3N4O4. The first-order valence-corrected chi connectivity index (χ1v) is 9.11. The Hall–Kier alpha value is -3.31. The van der Waals surface area contributed by atoms with Crippen molar-refractivity contribution in [3.63, 3.8) is 0 Å². The molecule has 0 radical (unpaired) electrons. The summed E-state index contributed by atoms with van der Waals surface area (Å²) < 4.78 is 46.1. The van der Waals surface area contributed by atoms with Crippen molar-refractivity contribution in [3.8, 4) is 11.4 Å². The molecule has 3 aromatic rings. The molecule has 0 atom stereocenters. The molecule has 1 N–H and O–H groups in total. The normalized spacial score (nSPS) is 11.3. The summed E-state index contributed by atoms with van der Waals surface area (Å²) in [7, 11) is 0. The monoisotopic (exact) mass is 474 g/mol. The molecule has 0 unspecified atom stereocenters. The maximum atomic E-state index is 13.6. The lowest BCUT2D eigenvalue weighted by atomic mass is 10.2. The number of nitro benzene ring substituents is 1. The molecule has 0 saturated heterocycles. The summed E-state index contributed by atoms with van der Waals surface area (Å²) in [5.41, 5.74) is -1.22. The third-order valence-electron chi connectivity index (χ3n) is 3.93. The van der Waals surface area contributed by atoms with Gasteiger partial charge in [0, 0.05) is 18.7 Å². The maximum Gasteiger partial charge on any atom is 0.437 e. The van der Waals surface area contributed by atoms with Crippen molar-refractivity contribution in [1.82, 2.24) is 15.1 Å². The molecule has 31 heavy (non-hydrogen) atoms. The highest BCUT2D eigenvalue weighted by Crippen LogP contribution is 2.37. The summed E-state index contributed by atoms with van der Waals surface area (Å²) in [6.45, 7) is -0.0758. The lowest BCUT2D eigenvalue weighted by Gasteiger charge is -2.13. The number of nitrogens with one attached hydrogen (secondary N) is 1. The van der Waals surface area contributed by atoms with Crippen LogP contribution in [-0.2, 0) is 12.7 Å². The minimum atomic E-state index is -4.93. The Bertz CT molecular complexity index is 1130. The molecule has 0 fully saturated rings. The van der Waals surface area contributed by atoms with Crippen LogP contribution in [0.1, 0.15) is 11.3 Å². The standard InChI is InChI=1S/C18H11Cl2F3N4O4/c19-13-6-1-10(7-14(13)20)8-24-17(28)31-15-9-25-26(16(15)18(21,22)23)11-2-4-12(5-3-11)27(29)30/h1-7,9H,8H2,(H,24,28). The molecule has 0 aliphatic carbocycles. The number of amides is 1. The van der Waals surface area contributed by atoms with Crippen LogP contribution in [0.2, 0.25) is 10.0 Å². The lowest BCUT2D eigenvalue weighted by Crippen LogP contribution is -2.27. The Kier molecular flexibility index (Phi) is 6.37. The van der Waals surface area contributed by atoms with Gasteiger partial charge in [0.1, 0.15) is 0 Å². The summed E-state index contributed by atoms with van der Waals surface area (Å²) in [5.74, 6) is -0.836. The molecule has 1 heterocycles. The Labute approximate surface area is 182 Å². The van der Waals surface area contributed by atoms with Gasteiger partial charge in [0.2, 0.25) is 0 Å². The predicted octanol–water partition coefficient (Wildman–Crippen LogP) is 5.39. The van der Waals surface area contributed by atoms with Crippen LogP contribution in [0, 0.1) is 10.1 Å². The Balaban J connectivity index is 1.80. The predicted molar refractivity (Wildman–Crippen MR) is 105 cm³/mol. The number of carbonyl (C=O) groups is 1. The zero-order valence-electron chi connectivity index (χ0n) is 15.2. The number of non-ortho nitro benzene ring substituents is 1. The minimum Gasteiger partial charge on any atom is -0.406 e. The average Bonchev–Trinajstić information content (AvgIpc) is 3.13. The second kappa shape index (κ2) is 8.82. The number of nitro groups is 1. The largest absolute Gasteiger partial charge is 0.437 e. The Morgan fingerprint density at radius 3 is 2.42 bits per heavy atom. The third-order valence-corrected chi connectivity index (χ3v) is 4.67. The number of benzene rings is 2. The van der Waals surface area contributed by atoms with E-state index in [4.69, 9.17) is 27.9 Å². The van der Waals surface area contributed by atoms with E-state index in [9.17, 15) is 28.1 Å². The van der Waals surface area contributed by atoms with Gasteiger partial charge >= 0.3 is 12.3 Å². The highest BCUT2D eigenvalue weighted by atomic mass is 35.5. The number of hydrogen-bond donors (Lipinski definition) is 1.